The van der Waals surface area contributed by atoms with E-state index in [0.29, 0.717) is 47.9 Å². The first kappa shape index (κ1) is 60.1. The van der Waals surface area contributed by atoms with E-state index in [9.17, 15) is 26.4 Å². The number of para-hydroxylation sites is 2. The van der Waals surface area contributed by atoms with E-state index < -0.39 is 26.0 Å². The number of imidazole rings is 1. The Balaban J connectivity index is 0.000000233. The van der Waals surface area contributed by atoms with Crippen molar-refractivity contribution in [2.75, 3.05) is 110 Å². The zero-order valence-corrected chi connectivity index (χ0v) is 45.8. The maximum Gasteiger partial charge on any atom is 0.263 e. The first-order valence-electron chi connectivity index (χ1n) is 25.9. The highest BCUT2D eigenvalue weighted by Crippen LogP contribution is 2.39. The van der Waals surface area contributed by atoms with Gasteiger partial charge in [-0.15, -0.1) is 0 Å². The molecule has 2 saturated heterocycles. The monoisotopic (exact) mass is 1070 g/mol. The number of unbranched alkanes of at least 4 members (excludes halogenated alkanes) is 3. The van der Waals surface area contributed by atoms with Crippen LogP contribution in [0.1, 0.15) is 85.9 Å². The number of hydrogen-bond donors (Lipinski definition) is 5. The summed E-state index contributed by atoms with van der Waals surface area (Å²) in [5.41, 5.74) is 6.73. The highest BCUT2D eigenvalue weighted by atomic mass is 32.2. The van der Waals surface area contributed by atoms with Crippen molar-refractivity contribution in [3.05, 3.63) is 115 Å². The van der Waals surface area contributed by atoms with Crippen LogP contribution >= 0.6 is 0 Å². The fourth-order valence-corrected chi connectivity index (χ4v) is 9.55. The number of carbonyl (C=O) groups excluding carboxylic acids is 2. The number of primary sulfonamides is 2. The van der Waals surface area contributed by atoms with Gasteiger partial charge < -0.3 is 45.4 Å². The van der Waals surface area contributed by atoms with Gasteiger partial charge in [-0.05, 0) is 114 Å². The summed E-state index contributed by atoms with van der Waals surface area (Å²) in [6, 6.07) is 23.5. The zero-order valence-electron chi connectivity index (χ0n) is 44.2. The molecule has 0 amide bonds. The zero-order chi connectivity index (χ0) is 54.2. The van der Waals surface area contributed by atoms with E-state index >= 15 is 0 Å². The molecule has 3 heterocycles. The second kappa shape index (κ2) is 30.7. The molecule has 19 nitrogen and oxygen atoms in total. The van der Waals surface area contributed by atoms with Crippen molar-refractivity contribution in [2.24, 2.45) is 16.0 Å². The molecule has 0 bridgehead atoms. The number of aromatic nitrogens is 2. The van der Waals surface area contributed by atoms with Crippen molar-refractivity contribution in [3.8, 4) is 23.0 Å². The molecular weight excluding hydrogens is 995 g/mol. The predicted octanol–water partition coefficient (Wildman–Crippen LogP) is 6.74. The molecule has 4 aromatic carbocycles. The molecule has 5 aromatic rings. The summed E-state index contributed by atoms with van der Waals surface area (Å²) < 4.78 is 62.8. The lowest BCUT2D eigenvalue weighted by Gasteiger charge is -2.32. The van der Waals surface area contributed by atoms with Crippen molar-refractivity contribution in [3.63, 3.8) is 0 Å². The van der Waals surface area contributed by atoms with E-state index in [1.165, 1.54) is 68.1 Å². The average Bonchev–Trinajstić information content (AvgIpc) is 3.94. The lowest BCUT2D eigenvalue weighted by Crippen LogP contribution is -2.44. The molecule has 0 aliphatic carbocycles. The van der Waals surface area contributed by atoms with Gasteiger partial charge in [0.1, 0.15) is 27.6 Å². The molecule has 0 unspecified atom stereocenters. The number of ketones is 1. The Labute approximate surface area is 444 Å². The van der Waals surface area contributed by atoms with Gasteiger partial charge in [0, 0.05) is 95.4 Å². The molecule has 410 valence electrons. The number of sulfonamides is 2. The third-order valence-corrected chi connectivity index (χ3v) is 14.5. The Morgan fingerprint density at radius 2 is 1.07 bits per heavy atom. The fourth-order valence-electron chi connectivity index (χ4n) is 8.15. The number of nitrogens with zero attached hydrogens (tertiary/aromatic N) is 6. The lowest BCUT2D eigenvalue weighted by molar-refractivity contribution is 0.0956. The van der Waals surface area contributed by atoms with Crippen LogP contribution in [-0.4, -0.2) is 157 Å². The minimum absolute atomic E-state index is 0.0528. The SMILES string of the molecule is CCCCNc1cc(C(=O)CCCCN2CCN(C)CC2)cc(S(N)(=O)=O)c1Oc1ccccc1.CCCCNc1cc(C(=O)n2ccnc2)cc(S(N)(=O)=O)c1Oc1ccccc1.CN1CCN(CCCN)CC1. The number of nitrogens with one attached hydrogen (secondary N) is 2. The molecule has 7 rings (SSSR count). The van der Waals surface area contributed by atoms with Crippen LogP contribution in [0.5, 0.6) is 23.0 Å². The smallest absolute Gasteiger partial charge is 0.263 e. The van der Waals surface area contributed by atoms with Gasteiger partial charge in [0.2, 0.25) is 20.0 Å². The number of carbonyl (C=O) groups is 2. The maximum absolute atomic E-state index is 13.0. The number of ether oxygens (including phenoxy) is 2. The average molecular weight is 1070 g/mol. The second-order valence-corrected chi connectivity index (χ2v) is 21.8. The van der Waals surface area contributed by atoms with Crippen LogP contribution in [0.4, 0.5) is 11.4 Å². The largest absolute Gasteiger partial charge is 0.454 e. The summed E-state index contributed by atoms with van der Waals surface area (Å²) in [4.78, 5) is 38.8. The van der Waals surface area contributed by atoms with E-state index in [0.717, 1.165) is 84.2 Å². The topological polar surface area (TPSA) is 254 Å². The van der Waals surface area contributed by atoms with Gasteiger partial charge >= 0.3 is 0 Å². The van der Waals surface area contributed by atoms with Crippen LogP contribution < -0.4 is 36.1 Å². The van der Waals surface area contributed by atoms with Gasteiger partial charge in [0.05, 0.1) is 11.4 Å². The minimum Gasteiger partial charge on any atom is -0.454 e. The number of benzene rings is 4. The molecular formula is C54H79N11O8S2. The van der Waals surface area contributed by atoms with E-state index in [1.807, 2.05) is 19.1 Å². The Morgan fingerprint density at radius 1 is 0.613 bits per heavy atom. The summed E-state index contributed by atoms with van der Waals surface area (Å²) in [6.45, 7) is 17.4. The molecule has 0 spiro atoms. The Morgan fingerprint density at radius 3 is 1.49 bits per heavy atom. The van der Waals surface area contributed by atoms with Gasteiger partial charge in [0.25, 0.3) is 5.91 Å². The third-order valence-electron chi connectivity index (χ3n) is 12.6. The summed E-state index contributed by atoms with van der Waals surface area (Å²) in [7, 11) is -4.00. The molecule has 0 radical (unpaired) electrons. The summed E-state index contributed by atoms with van der Waals surface area (Å²) in [5.74, 6) is 0.567. The van der Waals surface area contributed by atoms with Crippen molar-refractivity contribution < 1.29 is 35.9 Å². The van der Waals surface area contributed by atoms with Gasteiger partial charge in [-0.3, -0.25) is 14.2 Å². The van der Waals surface area contributed by atoms with Crippen LogP contribution in [0.15, 0.2) is 113 Å². The minimum atomic E-state index is -4.17. The number of Topliss-reactive ketones (excluding diaryl/α,β-unsaturated/α-hetero) is 1. The summed E-state index contributed by atoms with van der Waals surface area (Å²) in [6.07, 6.45) is 11.1. The van der Waals surface area contributed by atoms with Crippen LogP contribution in [-0.2, 0) is 20.0 Å². The molecule has 1 aromatic heterocycles. The highest BCUT2D eigenvalue weighted by Gasteiger charge is 2.26. The molecule has 2 fully saturated rings. The van der Waals surface area contributed by atoms with Crippen molar-refractivity contribution >= 4 is 43.1 Å². The molecule has 2 aliphatic heterocycles. The second-order valence-electron chi connectivity index (χ2n) is 18.8. The molecule has 2 aliphatic rings. The van der Waals surface area contributed by atoms with E-state index in [4.69, 9.17) is 25.5 Å². The van der Waals surface area contributed by atoms with Gasteiger partial charge in [-0.1, -0.05) is 63.1 Å². The van der Waals surface area contributed by atoms with Crippen molar-refractivity contribution in [1.82, 2.24) is 29.2 Å². The maximum atomic E-state index is 13.0. The standard InChI is InChI=1S/C26H38N4O4S.C20H22N4O4S.C8H19N3/c1-3-4-13-28-23-19-21(24(31)12-8-9-14-30-17-15-29(2)16-18-30)20-25(35(27,32)33)26(23)34-22-10-6-5-7-11-22;1-2-3-9-23-17-12-15(20(25)24-11-10-22-14-24)13-18(29(21,26)27)19(17)28-16-7-5-4-6-8-16;1-10-5-7-11(8-6-10)4-2-3-9/h5-7,10-11,19-20,28H,3-4,8-9,12-18H2,1-2H3,(H2,27,32,33);4-8,10-14,23H,2-3,9H2,1H3,(H2,21,26,27);2-9H2,1H3. The van der Waals surface area contributed by atoms with Crippen LogP contribution in [0.3, 0.4) is 0 Å². The Kier molecular flexibility index (Phi) is 24.6. The van der Waals surface area contributed by atoms with Gasteiger partial charge in [0.15, 0.2) is 17.3 Å². The number of piperazine rings is 2. The molecule has 75 heavy (non-hydrogen) atoms. The van der Waals surface area contributed by atoms with Crippen LogP contribution in [0.25, 0.3) is 0 Å². The van der Waals surface area contributed by atoms with Crippen LogP contribution in [0, 0.1) is 0 Å². The van der Waals surface area contributed by atoms with E-state index in [-0.39, 0.29) is 32.6 Å². The number of nitrogens with two attached hydrogens (primary N) is 3. The third kappa shape index (κ3) is 20.0. The first-order valence-corrected chi connectivity index (χ1v) is 29.0. The number of rotatable bonds is 24. The normalized spacial score (nSPS) is 14.7. The number of likely N-dealkylation sites (N-methyl/N-ethyl adjacent to an activating group) is 2. The summed E-state index contributed by atoms with van der Waals surface area (Å²) >= 11 is 0. The molecule has 21 heteroatoms. The van der Waals surface area contributed by atoms with Crippen molar-refractivity contribution in [2.45, 2.75) is 75.0 Å². The first-order chi connectivity index (χ1) is 36.0. The van der Waals surface area contributed by atoms with Crippen molar-refractivity contribution in [1.29, 1.82) is 0 Å². The van der Waals surface area contributed by atoms with E-state index in [1.54, 1.807) is 60.7 Å². The number of anilines is 2. The quantitative estimate of drug-likeness (QED) is 0.0317. The van der Waals surface area contributed by atoms with Gasteiger partial charge in [-0.25, -0.2) is 32.1 Å². The van der Waals surface area contributed by atoms with E-state index in [2.05, 4.69) is 56.2 Å². The molecule has 8 N–H and O–H groups in total. The van der Waals surface area contributed by atoms with Crippen LogP contribution in [0.2, 0.25) is 0 Å². The lowest BCUT2D eigenvalue weighted by atomic mass is 10.0. The fraction of sp³-hybridized carbons (Fsp3) is 0.463. The summed E-state index contributed by atoms with van der Waals surface area (Å²) in [5, 5.41) is 17.4. The Bertz CT molecular complexity index is 2730. The molecule has 0 atom stereocenters. The Hall–Kier alpha value is -5.75. The number of hydrogen-bond acceptors (Lipinski definition) is 16. The van der Waals surface area contributed by atoms with Gasteiger partial charge in [-0.2, -0.15) is 0 Å². The predicted molar refractivity (Wildman–Crippen MR) is 297 cm³/mol. The highest BCUT2D eigenvalue weighted by molar-refractivity contribution is 7.89. The molecule has 0 saturated carbocycles.